The Balaban J connectivity index is 1.54. The maximum Gasteiger partial charge on any atom is 0.407 e. The van der Waals surface area contributed by atoms with Gasteiger partial charge in [-0.2, -0.15) is 0 Å². The molecule has 11 heteroatoms. The number of carbonyl (C=O) groups excluding carboxylic acids is 4. The van der Waals surface area contributed by atoms with Gasteiger partial charge in [-0.25, -0.2) is 25.1 Å². The van der Waals surface area contributed by atoms with Crippen LogP contribution in [-0.4, -0.2) is 59.3 Å². The zero-order chi connectivity index (χ0) is 37.0. The summed E-state index contributed by atoms with van der Waals surface area (Å²) in [7, 11) is 0. The van der Waals surface area contributed by atoms with Gasteiger partial charge in [0, 0.05) is 32.4 Å². The summed E-state index contributed by atoms with van der Waals surface area (Å²) < 4.78 is 11.0. The van der Waals surface area contributed by atoms with E-state index >= 15 is 0 Å². The number of hydroxylamine groups is 1. The number of ether oxygens (including phenoxy) is 2. The molecule has 3 aromatic carbocycles. The number of hydrogen-bond donors (Lipinski definition) is 2. The van der Waals surface area contributed by atoms with Gasteiger partial charge in [0.1, 0.15) is 12.6 Å². The molecule has 1 aliphatic rings. The third-order valence-corrected chi connectivity index (χ3v) is 8.78. The van der Waals surface area contributed by atoms with Crippen molar-refractivity contribution in [3.05, 3.63) is 108 Å². The summed E-state index contributed by atoms with van der Waals surface area (Å²) in [5.74, 6) is -0.962. The predicted molar refractivity (Wildman–Crippen MR) is 198 cm³/mol. The molecule has 0 spiro atoms. The molecule has 0 aromatic heterocycles. The van der Waals surface area contributed by atoms with E-state index in [1.807, 2.05) is 105 Å². The van der Waals surface area contributed by atoms with Crippen LogP contribution in [0.5, 0.6) is 0 Å². The number of hydrazine groups is 1. The molecule has 2 N–H and O–H groups in total. The molecule has 0 aliphatic carbocycles. The fourth-order valence-electron chi connectivity index (χ4n) is 5.88. The van der Waals surface area contributed by atoms with Crippen LogP contribution in [0.25, 0.3) is 0 Å². The van der Waals surface area contributed by atoms with Gasteiger partial charge >= 0.3 is 6.09 Å². The summed E-state index contributed by atoms with van der Waals surface area (Å²) in [6, 6.07) is 27.7. The van der Waals surface area contributed by atoms with Crippen LogP contribution in [0.3, 0.4) is 0 Å². The lowest BCUT2D eigenvalue weighted by molar-refractivity contribution is -0.206. The van der Waals surface area contributed by atoms with Crippen molar-refractivity contribution in [3.8, 4) is 0 Å². The highest BCUT2D eigenvalue weighted by Crippen LogP contribution is 2.22. The summed E-state index contributed by atoms with van der Waals surface area (Å²) in [5, 5.41) is 5.49. The van der Waals surface area contributed by atoms with Crippen molar-refractivity contribution in [2.24, 2.45) is 5.92 Å². The van der Waals surface area contributed by atoms with Gasteiger partial charge in [-0.3, -0.25) is 14.4 Å². The molecule has 52 heavy (non-hydrogen) atoms. The van der Waals surface area contributed by atoms with Gasteiger partial charge in [-0.15, -0.1) is 0 Å². The van der Waals surface area contributed by atoms with Crippen molar-refractivity contribution in [1.29, 1.82) is 0 Å². The standard InChI is InChI=1S/C41H54N4O7/c1-32(2)26-27-38(47)45(36(23-14-22-33-16-6-3-7-17-33)40(48)43-52-39-25-12-13-29-50-39)44(30-34-18-8-4-9-19-34)37(46)24-15-28-42-41(49)51-31-35-20-10-5-11-21-35/h3-11,16-21,32,36,39H,12-15,22-31H2,1-2H3,(H,42,49)(H,43,48)/t36-,39+/m0/s1. The van der Waals surface area contributed by atoms with E-state index in [2.05, 4.69) is 10.8 Å². The van der Waals surface area contributed by atoms with E-state index in [9.17, 15) is 19.2 Å². The molecule has 0 saturated carbocycles. The zero-order valence-electron chi connectivity index (χ0n) is 30.5. The molecular weight excluding hydrogens is 660 g/mol. The van der Waals surface area contributed by atoms with Gasteiger partial charge in [0.2, 0.25) is 11.8 Å². The molecule has 3 aromatic rings. The van der Waals surface area contributed by atoms with Crippen LogP contribution in [0.1, 0.15) is 88.3 Å². The Hall–Kier alpha value is -4.74. The van der Waals surface area contributed by atoms with Crippen molar-refractivity contribution in [2.75, 3.05) is 13.2 Å². The van der Waals surface area contributed by atoms with Crippen LogP contribution in [0, 0.1) is 5.92 Å². The summed E-state index contributed by atoms with van der Waals surface area (Å²) in [6.07, 6.45) is 3.93. The van der Waals surface area contributed by atoms with Crippen molar-refractivity contribution in [2.45, 2.75) is 104 Å². The van der Waals surface area contributed by atoms with Crippen LogP contribution >= 0.6 is 0 Å². The van der Waals surface area contributed by atoms with E-state index in [-0.39, 0.29) is 56.7 Å². The van der Waals surface area contributed by atoms with Gasteiger partial charge < -0.3 is 14.8 Å². The summed E-state index contributed by atoms with van der Waals surface area (Å²) in [5.41, 5.74) is 5.37. The molecule has 0 unspecified atom stereocenters. The van der Waals surface area contributed by atoms with E-state index in [4.69, 9.17) is 14.3 Å². The fourth-order valence-corrected chi connectivity index (χ4v) is 5.88. The lowest BCUT2D eigenvalue weighted by Crippen LogP contribution is -2.59. The monoisotopic (exact) mass is 714 g/mol. The van der Waals surface area contributed by atoms with Crippen LogP contribution < -0.4 is 10.8 Å². The number of aryl methyl sites for hydroxylation is 1. The maximum atomic E-state index is 14.3. The first kappa shape index (κ1) is 40.0. The number of nitrogens with zero attached hydrogens (tertiary/aromatic N) is 2. The van der Waals surface area contributed by atoms with Gasteiger partial charge in [-0.05, 0) is 67.6 Å². The lowest BCUT2D eigenvalue weighted by atomic mass is 10.0. The Morgan fingerprint density at radius 1 is 0.788 bits per heavy atom. The Morgan fingerprint density at radius 2 is 1.44 bits per heavy atom. The number of carbonyl (C=O) groups is 4. The first-order valence-corrected chi connectivity index (χ1v) is 18.5. The second-order valence-corrected chi connectivity index (χ2v) is 13.5. The van der Waals surface area contributed by atoms with Crippen molar-refractivity contribution in [1.82, 2.24) is 20.8 Å². The second kappa shape index (κ2) is 22.3. The predicted octanol–water partition coefficient (Wildman–Crippen LogP) is 6.87. The largest absolute Gasteiger partial charge is 0.445 e. The highest BCUT2D eigenvalue weighted by Gasteiger charge is 2.37. The normalized spacial score (nSPS) is 14.6. The molecule has 1 aliphatic heterocycles. The molecule has 4 rings (SSSR count). The van der Waals surface area contributed by atoms with Gasteiger partial charge in [0.25, 0.3) is 5.91 Å². The zero-order valence-corrected chi connectivity index (χ0v) is 30.5. The third-order valence-electron chi connectivity index (χ3n) is 8.78. The van der Waals surface area contributed by atoms with Crippen LogP contribution in [0.2, 0.25) is 0 Å². The molecule has 4 amide bonds. The van der Waals surface area contributed by atoms with Crippen molar-refractivity contribution >= 4 is 23.8 Å². The lowest BCUT2D eigenvalue weighted by Gasteiger charge is -2.40. The molecule has 1 saturated heterocycles. The molecule has 1 heterocycles. The summed E-state index contributed by atoms with van der Waals surface area (Å²) in [4.78, 5) is 60.7. The topological polar surface area (TPSA) is 127 Å². The third kappa shape index (κ3) is 14.1. The molecule has 2 atom stereocenters. The van der Waals surface area contributed by atoms with Crippen molar-refractivity contribution < 1.29 is 33.5 Å². The number of nitrogens with one attached hydrogen (secondary N) is 2. The van der Waals surface area contributed by atoms with Gasteiger partial charge in [0.05, 0.1) is 6.54 Å². The fraction of sp³-hybridized carbons (Fsp3) is 0.463. The molecular formula is C41H54N4O7. The minimum absolute atomic E-state index is 0.0184. The molecule has 280 valence electrons. The highest BCUT2D eigenvalue weighted by atomic mass is 16.8. The van der Waals surface area contributed by atoms with E-state index in [0.717, 1.165) is 29.5 Å². The van der Waals surface area contributed by atoms with Gasteiger partial charge in [-0.1, -0.05) is 105 Å². The number of rotatable bonds is 19. The molecule has 1 fully saturated rings. The number of hydrogen-bond acceptors (Lipinski definition) is 7. The number of benzene rings is 3. The van der Waals surface area contributed by atoms with E-state index in [1.54, 1.807) is 0 Å². The van der Waals surface area contributed by atoms with Crippen LogP contribution in [0.15, 0.2) is 91.0 Å². The minimum Gasteiger partial charge on any atom is -0.445 e. The smallest absolute Gasteiger partial charge is 0.407 e. The van der Waals surface area contributed by atoms with E-state index in [1.165, 1.54) is 10.0 Å². The van der Waals surface area contributed by atoms with Crippen LogP contribution in [0.4, 0.5) is 4.79 Å². The Morgan fingerprint density at radius 3 is 2.08 bits per heavy atom. The number of alkyl carbamates (subject to hydrolysis) is 1. The Bertz CT molecular complexity index is 1500. The first-order valence-electron chi connectivity index (χ1n) is 18.5. The molecule has 11 nitrogen and oxygen atoms in total. The average molecular weight is 715 g/mol. The Kier molecular flexibility index (Phi) is 17.1. The van der Waals surface area contributed by atoms with E-state index < -0.39 is 24.3 Å². The van der Waals surface area contributed by atoms with Crippen molar-refractivity contribution in [3.63, 3.8) is 0 Å². The Labute approximate surface area is 307 Å². The van der Waals surface area contributed by atoms with Crippen LogP contribution in [-0.2, 0) is 48.3 Å². The number of amides is 4. The van der Waals surface area contributed by atoms with Gasteiger partial charge in [0.15, 0.2) is 6.29 Å². The second-order valence-electron chi connectivity index (χ2n) is 13.5. The van der Waals surface area contributed by atoms with E-state index in [0.29, 0.717) is 38.7 Å². The first-order chi connectivity index (χ1) is 25.3. The maximum absolute atomic E-state index is 14.3. The summed E-state index contributed by atoms with van der Waals surface area (Å²) in [6.45, 7) is 5.01. The highest BCUT2D eigenvalue weighted by molar-refractivity contribution is 5.89. The molecule has 0 bridgehead atoms. The molecule has 0 radical (unpaired) electrons. The average Bonchev–Trinajstić information content (AvgIpc) is 3.17. The minimum atomic E-state index is -1.04. The summed E-state index contributed by atoms with van der Waals surface area (Å²) >= 11 is 0. The SMILES string of the molecule is CC(C)CCC(=O)N([C@@H](CCCc1ccccc1)C(=O)NO[C@@H]1CCCCO1)N(Cc1ccccc1)C(=O)CCCNC(=O)OCc1ccccc1. The quantitative estimate of drug-likeness (QED) is 0.103.